The Morgan fingerprint density at radius 3 is 2.42 bits per heavy atom. The molecule has 31 heavy (non-hydrogen) atoms. The van der Waals surface area contributed by atoms with Crippen molar-refractivity contribution in [3.05, 3.63) is 40.8 Å². The molecular weight excluding hydrogens is 428 g/mol. The molecule has 1 aromatic heterocycles. The number of furan rings is 1. The first kappa shape index (κ1) is 21.2. The van der Waals surface area contributed by atoms with Crippen molar-refractivity contribution < 1.29 is 36.6 Å². The number of benzene rings is 1. The summed E-state index contributed by atoms with van der Waals surface area (Å²) in [6.07, 6.45) is 0. The summed E-state index contributed by atoms with van der Waals surface area (Å²) < 4.78 is 48.7. The van der Waals surface area contributed by atoms with E-state index in [1.807, 2.05) is 0 Å². The van der Waals surface area contributed by atoms with Crippen LogP contribution in [0, 0.1) is 13.8 Å². The van der Waals surface area contributed by atoms with Gasteiger partial charge in [-0.2, -0.15) is 4.31 Å². The van der Waals surface area contributed by atoms with E-state index in [9.17, 15) is 18.0 Å². The highest BCUT2D eigenvalue weighted by atomic mass is 32.2. The summed E-state index contributed by atoms with van der Waals surface area (Å²) in [4.78, 5) is 26.5. The predicted octanol–water partition coefficient (Wildman–Crippen LogP) is 1.56. The van der Waals surface area contributed by atoms with Gasteiger partial charge in [-0.1, -0.05) is 6.07 Å². The molecule has 4 rings (SSSR count). The van der Waals surface area contributed by atoms with Gasteiger partial charge in [0.25, 0.3) is 5.91 Å². The van der Waals surface area contributed by atoms with E-state index in [-0.39, 0.29) is 60.9 Å². The zero-order valence-electron chi connectivity index (χ0n) is 17.3. The quantitative estimate of drug-likeness (QED) is 0.645. The van der Waals surface area contributed by atoms with Gasteiger partial charge in [-0.05, 0) is 26.0 Å². The molecule has 0 spiro atoms. The molecule has 0 aliphatic carbocycles. The van der Waals surface area contributed by atoms with Gasteiger partial charge in [-0.25, -0.2) is 13.2 Å². The lowest BCUT2D eigenvalue weighted by atomic mass is 10.1. The average Bonchev–Trinajstić information content (AvgIpc) is 3.36. The third kappa shape index (κ3) is 3.53. The summed E-state index contributed by atoms with van der Waals surface area (Å²) in [5, 5.41) is 0. The fourth-order valence-electron chi connectivity index (χ4n) is 3.84. The maximum absolute atomic E-state index is 13.3. The van der Waals surface area contributed by atoms with Crippen molar-refractivity contribution in [1.29, 1.82) is 0 Å². The van der Waals surface area contributed by atoms with Crippen LogP contribution >= 0.6 is 0 Å². The molecule has 0 radical (unpaired) electrons. The van der Waals surface area contributed by atoms with Gasteiger partial charge in [-0.15, -0.1) is 0 Å². The fraction of sp³-hybridized carbons (Fsp3) is 0.400. The van der Waals surface area contributed by atoms with Crippen molar-refractivity contribution in [1.82, 2.24) is 9.21 Å². The minimum atomic E-state index is -4.02. The molecule has 1 aromatic carbocycles. The summed E-state index contributed by atoms with van der Waals surface area (Å²) in [5.41, 5.74) is 0.274. The number of rotatable bonds is 4. The number of hydrogen-bond acceptors (Lipinski definition) is 8. The first-order valence-electron chi connectivity index (χ1n) is 9.62. The molecule has 2 aliphatic heterocycles. The zero-order chi connectivity index (χ0) is 22.3. The molecule has 2 aromatic rings. The zero-order valence-corrected chi connectivity index (χ0v) is 18.2. The Morgan fingerprint density at radius 2 is 1.74 bits per heavy atom. The second kappa shape index (κ2) is 7.89. The van der Waals surface area contributed by atoms with Gasteiger partial charge in [-0.3, -0.25) is 4.79 Å². The van der Waals surface area contributed by atoms with E-state index in [0.717, 1.165) is 0 Å². The average molecular weight is 450 g/mol. The summed E-state index contributed by atoms with van der Waals surface area (Å²) in [6.45, 7) is 3.58. The van der Waals surface area contributed by atoms with E-state index in [1.165, 1.54) is 25.3 Å². The molecule has 11 heteroatoms. The second-order valence-electron chi connectivity index (χ2n) is 7.15. The van der Waals surface area contributed by atoms with Gasteiger partial charge >= 0.3 is 5.97 Å². The van der Waals surface area contributed by atoms with Crippen molar-refractivity contribution in [2.75, 3.05) is 40.1 Å². The summed E-state index contributed by atoms with van der Waals surface area (Å²) >= 11 is 0. The second-order valence-corrected chi connectivity index (χ2v) is 9.02. The first-order valence-corrected chi connectivity index (χ1v) is 11.1. The van der Waals surface area contributed by atoms with Crippen LogP contribution in [0.2, 0.25) is 0 Å². The smallest absolute Gasteiger partial charge is 0.342 e. The minimum Gasteiger partial charge on any atom is -0.465 e. The van der Waals surface area contributed by atoms with Crippen molar-refractivity contribution in [2.24, 2.45) is 0 Å². The third-order valence-corrected chi connectivity index (χ3v) is 7.40. The number of methoxy groups -OCH3 is 1. The van der Waals surface area contributed by atoms with Crippen LogP contribution in [0.1, 0.15) is 32.2 Å². The molecule has 1 saturated heterocycles. The number of piperazine rings is 1. The molecule has 0 atom stereocenters. The van der Waals surface area contributed by atoms with Crippen LogP contribution in [-0.2, 0) is 14.8 Å². The molecule has 1 amide bonds. The number of carbonyl (C=O) groups is 2. The van der Waals surface area contributed by atoms with Crippen LogP contribution in [-0.4, -0.2) is 69.6 Å². The van der Waals surface area contributed by atoms with E-state index in [0.29, 0.717) is 17.1 Å². The number of nitrogens with zero attached hydrogens (tertiary/aromatic N) is 2. The Labute approximate surface area is 179 Å². The van der Waals surface area contributed by atoms with Gasteiger partial charge < -0.3 is 23.5 Å². The number of ether oxygens (including phenoxy) is 3. The van der Waals surface area contributed by atoms with E-state index in [4.69, 9.17) is 18.6 Å². The summed E-state index contributed by atoms with van der Waals surface area (Å²) in [7, 11) is -2.84. The van der Waals surface area contributed by atoms with Crippen LogP contribution < -0.4 is 9.47 Å². The number of hydrogen-bond donors (Lipinski definition) is 0. The van der Waals surface area contributed by atoms with Gasteiger partial charge in [0.15, 0.2) is 11.5 Å². The minimum absolute atomic E-state index is 0.0532. The largest absolute Gasteiger partial charge is 0.465 e. The molecule has 166 valence electrons. The highest BCUT2D eigenvalue weighted by Gasteiger charge is 2.38. The molecule has 0 N–H and O–H groups in total. The molecule has 10 nitrogen and oxygen atoms in total. The molecule has 0 saturated carbocycles. The van der Waals surface area contributed by atoms with E-state index in [2.05, 4.69) is 0 Å². The van der Waals surface area contributed by atoms with Gasteiger partial charge in [0.05, 0.1) is 12.7 Å². The fourth-order valence-corrected chi connectivity index (χ4v) is 5.63. The van der Waals surface area contributed by atoms with E-state index in [1.54, 1.807) is 23.1 Å². The Kier molecular flexibility index (Phi) is 5.40. The normalized spacial score (nSPS) is 16.4. The molecule has 2 aliphatic rings. The molecule has 0 unspecified atom stereocenters. The number of para-hydroxylation sites is 1. The topological polar surface area (TPSA) is 116 Å². The van der Waals surface area contributed by atoms with Gasteiger partial charge in [0.1, 0.15) is 22.0 Å². The lowest BCUT2D eigenvalue weighted by molar-refractivity contribution is 0.0594. The molecule has 0 bridgehead atoms. The SMILES string of the molecule is COC(=O)c1c(C)oc(C)c1S(=O)(=O)N1CCN(C(=O)c2cccc3c2OCO3)CC1. The van der Waals surface area contributed by atoms with Crippen LogP contribution in [0.15, 0.2) is 27.5 Å². The molecular formula is C20H22N2O8S. The van der Waals surface area contributed by atoms with Crippen molar-refractivity contribution in [3.63, 3.8) is 0 Å². The molecule has 1 fully saturated rings. The third-order valence-electron chi connectivity index (χ3n) is 5.35. The van der Waals surface area contributed by atoms with Crippen LogP contribution in [0.5, 0.6) is 11.5 Å². The van der Waals surface area contributed by atoms with E-state index >= 15 is 0 Å². The Bertz CT molecular complexity index is 1150. The lowest BCUT2D eigenvalue weighted by Gasteiger charge is -2.34. The lowest BCUT2D eigenvalue weighted by Crippen LogP contribution is -2.50. The highest BCUT2D eigenvalue weighted by molar-refractivity contribution is 7.89. The summed E-state index contributed by atoms with van der Waals surface area (Å²) in [6, 6.07) is 5.08. The Balaban J connectivity index is 1.54. The van der Waals surface area contributed by atoms with Gasteiger partial charge in [0.2, 0.25) is 16.8 Å². The number of aryl methyl sites for hydroxylation is 2. The molecule has 3 heterocycles. The Hall–Kier alpha value is -3.05. The highest BCUT2D eigenvalue weighted by Crippen LogP contribution is 2.36. The monoisotopic (exact) mass is 450 g/mol. The Morgan fingerprint density at radius 1 is 1.03 bits per heavy atom. The van der Waals surface area contributed by atoms with Crippen molar-refractivity contribution in [2.45, 2.75) is 18.7 Å². The van der Waals surface area contributed by atoms with Crippen LogP contribution in [0.3, 0.4) is 0 Å². The maximum Gasteiger partial charge on any atom is 0.342 e. The number of esters is 1. The van der Waals surface area contributed by atoms with Crippen LogP contribution in [0.4, 0.5) is 0 Å². The maximum atomic E-state index is 13.3. The number of amides is 1. The van der Waals surface area contributed by atoms with Gasteiger partial charge in [0, 0.05) is 26.2 Å². The number of fused-ring (bicyclic) bond motifs is 1. The number of carbonyl (C=O) groups excluding carboxylic acids is 2. The first-order chi connectivity index (χ1) is 14.8. The number of sulfonamides is 1. The standard InChI is InChI=1S/C20H22N2O8S/c1-12-16(20(24)27-3)18(13(2)30-12)31(25,26)22-9-7-21(8-10-22)19(23)14-5-4-6-15-17(14)29-11-28-15/h4-6H,7-11H2,1-3H3. The van der Waals surface area contributed by atoms with Crippen molar-refractivity contribution >= 4 is 21.9 Å². The van der Waals surface area contributed by atoms with E-state index < -0.39 is 16.0 Å². The summed E-state index contributed by atoms with van der Waals surface area (Å²) in [5.74, 6) is 0.167. The van der Waals surface area contributed by atoms with Crippen molar-refractivity contribution in [3.8, 4) is 11.5 Å². The predicted molar refractivity (Wildman–Crippen MR) is 107 cm³/mol. The van der Waals surface area contributed by atoms with Crippen LogP contribution in [0.25, 0.3) is 0 Å².